The number of aromatic amines is 2. The van der Waals surface area contributed by atoms with Crippen molar-refractivity contribution < 1.29 is 19.2 Å². The van der Waals surface area contributed by atoms with Gasteiger partial charge in [-0.05, 0) is 88.3 Å². The molecule has 0 aliphatic carbocycles. The van der Waals surface area contributed by atoms with Crippen LogP contribution in [0.2, 0.25) is 0 Å². The maximum Gasteiger partial charge on any atom is 0.292 e. The number of ketones is 2. The Labute approximate surface area is 254 Å². The molecule has 12 nitrogen and oxygen atoms in total. The number of H-pyrrole nitrogens is 2. The predicted octanol–water partition coefficient (Wildman–Crippen LogP) is 2.43. The van der Waals surface area contributed by atoms with Gasteiger partial charge in [0.25, 0.3) is 23.4 Å². The molecule has 226 valence electrons. The Morgan fingerprint density at radius 3 is 1.41 bits per heavy atom. The molecule has 44 heavy (non-hydrogen) atoms. The van der Waals surface area contributed by atoms with Crippen molar-refractivity contribution in [3.63, 3.8) is 0 Å². The average molecular weight is 595 g/mol. The molecular weight excluding hydrogens is 560 g/mol. The van der Waals surface area contributed by atoms with E-state index in [0.717, 1.165) is 25.9 Å². The number of benzene rings is 2. The number of nitriles is 2. The first-order valence-corrected chi connectivity index (χ1v) is 14.5. The number of carbonyl (C=O) groups is 4. The maximum absolute atomic E-state index is 12.5. The lowest BCUT2D eigenvalue weighted by Gasteiger charge is -2.08. The number of rotatable bonds is 17. The standard InChI is InChI=1S/C32H34N8O4/c33-17-21-5-7-27-23(15-21)25(19-39-27)29(41)31(43)37-13-3-11-35-9-1-2-10-36-12-4-14-38-32(44)30(42)26-20-40-28-8-6-22(18-34)16-24(26)28/h5-8,15-16,19-20,35-36,39-40H,1-4,9-14H2,(H,37,43)(H,38,44). The summed E-state index contributed by atoms with van der Waals surface area (Å²) in [5.74, 6) is -2.61. The van der Waals surface area contributed by atoms with E-state index in [1.165, 1.54) is 12.4 Å². The average Bonchev–Trinajstić information content (AvgIpc) is 3.67. The molecular formula is C32H34N8O4. The summed E-state index contributed by atoms with van der Waals surface area (Å²) in [6, 6.07) is 14.0. The van der Waals surface area contributed by atoms with Gasteiger partial charge in [0.05, 0.1) is 34.4 Å². The summed E-state index contributed by atoms with van der Waals surface area (Å²) in [6.07, 6.45) is 6.27. The van der Waals surface area contributed by atoms with Crippen LogP contribution in [0.15, 0.2) is 48.8 Å². The number of aromatic nitrogens is 2. The van der Waals surface area contributed by atoms with Crippen LogP contribution >= 0.6 is 0 Å². The van der Waals surface area contributed by atoms with E-state index in [4.69, 9.17) is 10.5 Å². The zero-order chi connectivity index (χ0) is 31.3. The molecule has 0 spiro atoms. The van der Waals surface area contributed by atoms with E-state index in [2.05, 4.69) is 31.2 Å². The number of carbonyl (C=O) groups excluding carboxylic acids is 4. The van der Waals surface area contributed by atoms with E-state index < -0.39 is 23.4 Å². The first-order chi connectivity index (χ1) is 21.4. The van der Waals surface area contributed by atoms with Crippen LogP contribution in [-0.2, 0) is 9.59 Å². The van der Waals surface area contributed by atoms with Gasteiger partial charge in [-0.2, -0.15) is 10.5 Å². The third-order valence-electron chi connectivity index (χ3n) is 7.11. The van der Waals surface area contributed by atoms with Gasteiger partial charge in [0.1, 0.15) is 0 Å². The van der Waals surface area contributed by atoms with Crippen molar-refractivity contribution in [1.29, 1.82) is 10.5 Å². The number of amides is 2. The molecule has 2 aromatic heterocycles. The number of unbranched alkanes of at least 4 members (excludes halogenated alkanes) is 1. The zero-order valence-electron chi connectivity index (χ0n) is 24.2. The second kappa shape index (κ2) is 15.8. The minimum absolute atomic E-state index is 0.249. The van der Waals surface area contributed by atoms with Crippen LogP contribution in [-0.4, -0.2) is 72.6 Å². The van der Waals surface area contributed by atoms with E-state index in [9.17, 15) is 19.2 Å². The van der Waals surface area contributed by atoms with Crippen molar-refractivity contribution in [2.24, 2.45) is 0 Å². The highest BCUT2D eigenvalue weighted by molar-refractivity contribution is 6.45. The third-order valence-corrected chi connectivity index (χ3v) is 7.11. The van der Waals surface area contributed by atoms with E-state index in [1.807, 2.05) is 12.1 Å². The number of nitrogens with zero attached hydrogens (tertiary/aromatic N) is 2. The van der Waals surface area contributed by atoms with E-state index in [1.54, 1.807) is 36.4 Å². The minimum atomic E-state index is -0.671. The number of hydrogen-bond acceptors (Lipinski definition) is 8. The first kappa shape index (κ1) is 31.6. The SMILES string of the molecule is N#Cc1ccc2[nH]cc(C(=O)C(=O)NCCCNCCCCNCCCNC(=O)C(=O)c3c[nH]c4ccc(C#N)cc34)c2c1. The normalized spacial score (nSPS) is 10.8. The second-order valence-corrected chi connectivity index (χ2v) is 10.2. The Bertz CT molecular complexity index is 1610. The van der Waals surface area contributed by atoms with Crippen molar-refractivity contribution in [2.45, 2.75) is 25.7 Å². The Kier molecular flexibility index (Phi) is 11.4. The molecule has 0 aliphatic rings. The molecule has 0 aliphatic heterocycles. The molecule has 4 aromatic rings. The second-order valence-electron chi connectivity index (χ2n) is 10.2. The summed E-state index contributed by atoms with van der Waals surface area (Å²) in [4.78, 5) is 55.6. The van der Waals surface area contributed by atoms with Gasteiger partial charge in [-0.3, -0.25) is 19.2 Å². The van der Waals surface area contributed by atoms with Crippen molar-refractivity contribution in [3.05, 3.63) is 71.0 Å². The van der Waals surface area contributed by atoms with Crippen molar-refractivity contribution in [3.8, 4) is 12.1 Å². The number of Topliss-reactive ketones (excluding diaryl/α,β-unsaturated/α-hetero) is 2. The number of nitrogens with one attached hydrogen (secondary N) is 6. The molecule has 2 aromatic carbocycles. The molecule has 0 unspecified atom stereocenters. The Morgan fingerprint density at radius 1 is 0.591 bits per heavy atom. The highest BCUT2D eigenvalue weighted by atomic mass is 16.2. The zero-order valence-corrected chi connectivity index (χ0v) is 24.2. The van der Waals surface area contributed by atoms with Gasteiger partial charge in [-0.1, -0.05) is 0 Å². The van der Waals surface area contributed by atoms with Crippen molar-refractivity contribution >= 4 is 45.2 Å². The fraction of sp³-hybridized carbons (Fsp3) is 0.312. The van der Waals surface area contributed by atoms with Crippen LogP contribution in [0.3, 0.4) is 0 Å². The van der Waals surface area contributed by atoms with E-state index >= 15 is 0 Å². The molecule has 12 heteroatoms. The predicted molar refractivity (Wildman–Crippen MR) is 165 cm³/mol. The molecule has 0 atom stereocenters. The lowest BCUT2D eigenvalue weighted by atomic mass is 10.1. The summed E-state index contributed by atoms with van der Waals surface area (Å²) in [5, 5.41) is 31.2. The van der Waals surface area contributed by atoms with E-state index in [-0.39, 0.29) is 11.1 Å². The molecule has 0 saturated heterocycles. The summed E-state index contributed by atoms with van der Waals surface area (Å²) in [6.45, 7) is 3.81. The maximum atomic E-state index is 12.5. The molecule has 0 saturated carbocycles. The molecule has 2 heterocycles. The van der Waals surface area contributed by atoms with Gasteiger partial charge in [-0.25, -0.2) is 0 Å². The Morgan fingerprint density at radius 2 is 1.00 bits per heavy atom. The van der Waals surface area contributed by atoms with Crippen molar-refractivity contribution in [2.75, 3.05) is 39.3 Å². The minimum Gasteiger partial charge on any atom is -0.360 e. The smallest absolute Gasteiger partial charge is 0.292 e. The summed E-state index contributed by atoms with van der Waals surface area (Å²) < 4.78 is 0. The summed E-state index contributed by atoms with van der Waals surface area (Å²) in [5.41, 5.74) is 2.72. The van der Waals surface area contributed by atoms with Gasteiger partial charge < -0.3 is 31.2 Å². The molecule has 0 fully saturated rings. The van der Waals surface area contributed by atoms with Crippen LogP contribution < -0.4 is 21.3 Å². The first-order valence-electron chi connectivity index (χ1n) is 14.5. The fourth-order valence-corrected chi connectivity index (χ4v) is 4.74. The van der Waals surface area contributed by atoms with Crippen LogP contribution in [0.1, 0.15) is 57.5 Å². The number of hydrogen-bond donors (Lipinski definition) is 6. The largest absolute Gasteiger partial charge is 0.360 e. The van der Waals surface area contributed by atoms with E-state index in [0.29, 0.717) is 72.0 Å². The van der Waals surface area contributed by atoms with Gasteiger partial charge in [0, 0.05) is 47.3 Å². The number of fused-ring (bicyclic) bond motifs is 2. The quantitative estimate of drug-likeness (QED) is 0.0609. The van der Waals surface area contributed by atoms with Crippen LogP contribution in [0.4, 0.5) is 0 Å². The molecule has 0 bridgehead atoms. The van der Waals surface area contributed by atoms with Crippen LogP contribution in [0.25, 0.3) is 21.8 Å². The highest BCUT2D eigenvalue weighted by Crippen LogP contribution is 2.21. The Balaban J connectivity index is 0.991. The van der Waals surface area contributed by atoms with Gasteiger partial charge in [-0.15, -0.1) is 0 Å². The molecule has 4 rings (SSSR count). The van der Waals surface area contributed by atoms with Crippen LogP contribution in [0.5, 0.6) is 0 Å². The summed E-state index contributed by atoms with van der Waals surface area (Å²) in [7, 11) is 0. The Hall–Kier alpha value is -5.30. The third kappa shape index (κ3) is 8.16. The van der Waals surface area contributed by atoms with Crippen molar-refractivity contribution in [1.82, 2.24) is 31.2 Å². The van der Waals surface area contributed by atoms with Crippen LogP contribution in [0, 0.1) is 22.7 Å². The highest BCUT2D eigenvalue weighted by Gasteiger charge is 2.21. The van der Waals surface area contributed by atoms with Gasteiger partial charge in [0.2, 0.25) is 0 Å². The topological polar surface area (TPSA) is 196 Å². The monoisotopic (exact) mass is 594 g/mol. The lowest BCUT2D eigenvalue weighted by Crippen LogP contribution is -2.33. The molecule has 6 N–H and O–H groups in total. The summed E-state index contributed by atoms with van der Waals surface area (Å²) >= 11 is 0. The molecule has 0 radical (unpaired) electrons. The molecule has 2 amide bonds. The van der Waals surface area contributed by atoms with Gasteiger partial charge in [0.15, 0.2) is 0 Å². The fourth-order valence-electron chi connectivity index (χ4n) is 4.74. The van der Waals surface area contributed by atoms with Gasteiger partial charge >= 0.3 is 0 Å². The lowest BCUT2D eigenvalue weighted by molar-refractivity contribution is -0.117.